The van der Waals surface area contributed by atoms with Gasteiger partial charge in [-0.15, -0.1) is 11.3 Å². The van der Waals surface area contributed by atoms with Gasteiger partial charge in [-0.1, -0.05) is 0 Å². The zero-order valence-electron chi connectivity index (χ0n) is 15.7. The smallest absolute Gasteiger partial charge is 0.262 e. The Morgan fingerprint density at radius 1 is 1.36 bits per heavy atom. The minimum absolute atomic E-state index is 0.0301. The van der Waals surface area contributed by atoms with Crippen LogP contribution in [0.5, 0.6) is 0 Å². The Morgan fingerprint density at radius 2 is 2.14 bits per heavy atom. The van der Waals surface area contributed by atoms with Gasteiger partial charge in [0.05, 0.1) is 11.7 Å². The number of hydrogen-bond acceptors (Lipinski definition) is 6. The number of aromatic nitrogens is 2. The molecule has 2 amide bonds. The number of nitrogens with one attached hydrogen (secondary N) is 1. The van der Waals surface area contributed by atoms with Gasteiger partial charge in [0, 0.05) is 18.6 Å². The molecular formula is C19H24N4O4S. The molecule has 2 aromatic heterocycles. The minimum atomic E-state index is -0.953. The van der Waals surface area contributed by atoms with Crippen LogP contribution in [0, 0.1) is 5.92 Å². The topological polar surface area (TPSA) is 105 Å². The number of carbonyl (C=O) groups excluding carboxylic acids is 2. The van der Waals surface area contributed by atoms with Gasteiger partial charge in [-0.3, -0.25) is 19.0 Å². The van der Waals surface area contributed by atoms with Gasteiger partial charge in [-0.05, 0) is 50.0 Å². The third-order valence-corrected chi connectivity index (χ3v) is 6.46. The standard InChI is InChI=1S/C19H24N4O4S/c1-11-2-5-13(21-17(26)16(25)12-3-4-12)8-23(11)15(24)9-22-10-20-18-14(19(22)27)6-7-28-18/h6-7,10-13,16,25H,2-5,8-9H2,1H3,(H,21,26). The molecule has 2 aromatic rings. The second kappa shape index (κ2) is 7.63. The molecule has 4 rings (SSSR count). The lowest BCUT2D eigenvalue weighted by Gasteiger charge is -2.38. The van der Waals surface area contributed by atoms with Crippen molar-refractivity contribution < 1.29 is 14.7 Å². The lowest BCUT2D eigenvalue weighted by atomic mass is 9.98. The Kier molecular flexibility index (Phi) is 5.20. The summed E-state index contributed by atoms with van der Waals surface area (Å²) >= 11 is 1.39. The summed E-state index contributed by atoms with van der Waals surface area (Å²) in [7, 11) is 0. The molecule has 1 saturated heterocycles. The molecule has 1 saturated carbocycles. The van der Waals surface area contributed by atoms with Crippen molar-refractivity contribution in [1.29, 1.82) is 0 Å². The van der Waals surface area contributed by atoms with Crippen LogP contribution in [0.3, 0.4) is 0 Å². The van der Waals surface area contributed by atoms with Gasteiger partial charge in [0.25, 0.3) is 5.56 Å². The Balaban J connectivity index is 1.42. The van der Waals surface area contributed by atoms with Crippen LogP contribution < -0.4 is 10.9 Å². The number of thiophene rings is 1. The van der Waals surface area contributed by atoms with Crippen LogP contribution in [0.1, 0.15) is 32.6 Å². The highest BCUT2D eigenvalue weighted by Gasteiger charge is 2.37. The normalized spacial score (nSPS) is 23.6. The molecule has 9 heteroatoms. The maximum atomic E-state index is 12.9. The second-order valence-corrected chi connectivity index (χ2v) is 8.67. The van der Waals surface area contributed by atoms with E-state index in [1.54, 1.807) is 16.3 Å². The first-order valence-electron chi connectivity index (χ1n) is 9.64. The average molecular weight is 404 g/mol. The van der Waals surface area contributed by atoms with Gasteiger partial charge < -0.3 is 15.3 Å². The predicted molar refractivity (Wildman–Crippen MR) is 105 cm³/mol. The fourth-order valence-corrected chi connectivity index (χ4v) is 4.45. The molecule has 0 aromatic carbocycles. The molecule has 3 heterocycles. The van der Waals surface area contributed by atoms with Crippen molar-refractivity contribution in [2.24, 2.45) is 5.92 Å². The van der Waals surface area contributed by atoms with Crippen LogP contribution in [0.15, 0.2) is 22.6 Å². The number of aliphatic hydroxyl groups excluding tert-OH is 1. The molecule has 8 nitrogen and oxygen atoms in total. The minimum Gasteiger partial charge on any atom is -0.383 e. The first kappa shape index (κ1) is 19.1. The van der Waals surface area contributed by atoms with E-state index < -0.39 is 6.10 Å². The third kappa shape index (κ3) is 3.81. The van der Waals surface area contributed by atoms with Gasteiger partial charge in [0.2, 0.25) is 11.8 Å². The summed E-state index contributed by atoms with van der Waals surface area (Å²) in [5.41, 5.74) is -0.221. The predicted octanol–water partition coefficient (Wildman–Crippen LogP) is 0.725. The zero-order chi connectivity index (χ0) is 19.8. The zero-order valence-corrected chi connectivity index (χ0v) is 16.5. The van der Waals surface area contributed by atoms with E-state index in [-0.39, 0.29) is 41.9 Å². The number of piperidine rings is 1. The molecule has 3 atom stereocenters. The van der Waals surface area contributed by atoms with Crippen LogP contribution in [0.25, 0.3) is 10.2 Å². The summed E-state index contributed by atoms with van der Waals surface area (Å²) in [6.07, 6.45) is 3.75. The van der Waals surface area contributed by atoms with Crippen molar-refractivity contribution >= 4 is 33.4 Å². The SMILES string of the molecule is CC1CCC(NC(=O)C(O)C2CC2)CN1C(=O)Cn1cnc2sccc2c1=O. The lowest BCUT2D eigenvalue weighted by molar-refractivity contribution is -0.138. The summed E-state index contributed by atoms with van der Waals surface area (Å²) in [6.45, 7) is 2.28. The van der Waals surface area contributed by atoms with Crippen molar-refractivity contribution in [2.45, 2.75) is 57.3 Å². The number of rotatable bonds is 5. The molecule has 1 aliphatic heterocycles. The highest BCUT2D eigenvalue weighted by atomic mass is 32.1. The molecule has 28 heavy (non-hydrogen) atoms. The van der Waals surface area contributed by atoms with Gasteiger partial charge in [-0.2, -0.15) is 0 Å². The first-order chi connectivity index (χ1) is 13.4. The number of nitrogens with zero attached hydrogens (tertiary/aromatic N) is 3. The fraction of sp³-hybridized carbons (Fsp3) is 0.579. The maximum absolute atomic E-state index is 12.9. The highest BCUT2D eigenvalue weighted by molar-refractivity contribution is 7.16. The molecule has 0 bridgehead atoms. The monoisotopic (exact) mass is 404 g/mol. The van der Waals surface area contributed by atoms with Gasteiger partial charge >= 0.3 is 0 Å². The van der Waals surface area contributed by atoms with E-state index in [1.165, 1.54) is 22.2 Å². The Bertz CT molecular complexity index is 951. The fourth-order valence-electron chi connectivity index (χ4n) is 3.73. The van der Waals surface area contributed by atoms with E-state index in [0.29, 0.717) is 16.8 Å². The molecule has 2 fully saturated rings. The number of fused-ring (bicyclic) bond motifs is 1. The maximum Gasteiger partial charge on any atom is 0.262 e. The first-order valence-corrected chi connectivity index (χ1v) is 10.5. The molecule has 0 spiro atoms. The lowest BCUT2D eigenvalue weighted by Crippen LogP contribution is -2.55. The number of likely N-dealkylation sites (tertiary alicyclic amines) is 1. The molecule has 3 unspecified atom stereocenters. The Hall–Kier alpha value is -2.26. The number of amides is 2. The Labute approximate surface area is 166 Å². The highest BCUT2D eigenvalue weighted by Crippen LogP contribution is 2.32. The van der Waals surface area contributed by atoms with Crippen LogP contribution >= 0.6 is 11.3 Å². The van der Waals surface area contributed by atoms with Crippen molar-refractivity contribution in [3.05, 3.63) is 28.1 Å². The quantitative estimate of drug-likeness (QED) is 0.764. The van der Waals surface area contributed by atoms with Crippen LogP contribution in [0.2, 0.25) is 0 Å². The Morgan fingerprint density at radius 3 is 2.89 bits per heavy atom. The largest absolute Gasteiger partial charge is 0.383 e. The summed E-state index contributed by atoms with van der Waals surface area (Å²) in [6, 6.07) is 1.56. The summed E-state index contributed by atoms with van der Waals surface area (Å²) in [5, 5.41) is 15.2. The van der Waals surface area contributed by atoms with E-state index >= 15 is 0 Å². The second-order valence-electron chi connectivity index (χ2n) is 7.78. The van der Waals surface area contributed by atoms with E-state index in [2.05, 4.69) is 10.3 Å². The van der Waals surface area contributed by atoms with E-state index in [1.807, 2.05) is 6.92 Å². The molecule has 1 aliphatic carbocycles. The summed E-state index contributed by atoms with van der Waals surface area (Å²) in [5.74, 6) is -0.447. The van der Waals surface area contributed by atoms with Gasteiger partial charge in [0.1, 0.15) is 17.5 Å². The van der Waals surface area contributed by atoms with Gasteiger partial charge in [-0.25, -0.2) is 4.98 Å². The van der Waals surface area contributed by atoms with Crippen molar-refractivity contribution in [1.82, 2.24) is 19.8 Å². The molecule has 2 N–H and O–H groups in total. The van der Waals surface area contributed by atoms with E-state index in [9.17, 15) is 19.5 Å². The molecular weight excluding hydrogens is 380 g/mol. The van der Waals surface area contributed by atoms with Crippen LogP contribution in [-0.4, -0.2) is 56.1 Å². The van der Waals surface area contributed by atoms with Gasteiger partial charge in [0.15, 0.2) is 0 Å². The van der Waals surface area contributed by atoms with Crippen molar-refractivity contribution in [3.8, 4) is 0 Å². The summed E-state index contributed by atoms with van der Waals surface area (Å²) < 4.78 is 1.34. The molecule has 2 aliphatic rings. The van der Waals surface area contributed by atoms with E-state index in [0.717, 1.165) is 25.7 Å². The van der Waals surface area contributed by atoms with Crippen LogP contribution in [0.4, 0.5) is 0 Å². The van der Waals surface area contributed by atoms with Crippen LogP contribution in [-0.2, 0) is 16.1 Å². The van der Waals surface area contributed by atoms with E-state index in [4.69, 9.17) is 0 Å². The van der Waals surface area contributed by atoms with Crippen molar-refractivity contribution in [3.63, 3.8) is 0 Å². The number of aliphatic hydroxyl groups is 1. The number of hydrogen-bond donors (Lipinski definition) is 2. The average Bonchev–Trinajstić information content (AvgIpc) is 3.41. The van der Waals surface area contributed by atoms with Crippen molar-refractivity contribution in [2.75, 3.05) is 6.54 Å². The summed E-state index contributed by atoms with van der Waals surface area (Å²) in [4.78, 5) is 44.2. The number of carbonyl (C=O) groups is 2. The third-order valence-electron chi connectivity index (χ3n) is 5.64. The molecule has 0 radical (unpaired) electrons. The molecule has 150 valence electrons.